The summed E-state index contributed by atoms with van der Waals surface area (Å²) in [7, 11) is 0. The highest BCUT2D eigenvalue weighted by molar-refractivity contribution is 9.10. The molecule has 0 aliphatic heterocycles. The normalized spacial score (nSPS) is 10.6. The topological polar surface area (TPSA) is 9.23 Å². The second-order valence-electron chi connectivity index (χ2n) is 3.73. The molecule has 0 atom stereocenters. The number of ether oxygens (including phenoxy) is 1. The van der Waals surface area contributed by atoms with Gasteiger partial charge in [0.05, 0.1) is 9.50 Å². The monoisotopic (exact) mass is 366 g/mol. The number of rotatable bonds is 3. The summed E-state index contributed by atoms with van der Waals surface area (Å²) in [5, 5.41) is -0.0279. The largest absolute Gasteiger partial charge is 0.456 e. The van der Waals surface area contributed by atoms with Crippen LogP contribution in [0.25, 0.3) is 0 Å². The van der Waals surface area contributed by atoms with Crippen molar-refractivity contribution in [1.82, 2.24) is 0 Å². The number of benzene rings is 2. The Bertz CT molecular complexity index is 620. The molecule has 2 aromatic rings. The molecule has 0 aliphatic rings. The van der Waals surface area contributed by atoms with Gasteiger partial charge in [0.1, 0.15) is 23.1 Å². The van der Waals surface area contributed by atoms with E-state index in [1.807, 2.05) is 0 Å². The molecule has 2 rings (SSSR count). The van der Waals surface area contributed by atoms with Crippen LogP contribution < -0.4 is 4.74 Å². The molecular formula is C13H7BrCl2F2O. The molecule has 0 heterocycles. The lowest BCUT2D eigenvalue weighted by molar-refractivity contribution is 0.468. The van der Waals surface area contributed by atoms with Gasteiger partial charge in [0.15, 0.2) is 0 Å². The van der Waals surface area contributed by atoms with Crippen molar-refractivity contribution in [3.8, 4) is 11.5 Å². The molecule has 100 valence electrons. The van der Waals surface area contributed by atoms with Gasteiger partial charge in [-0.2, -0.15) is 0 Å². The third-order valence-electron chi connectivity index (χ3n) is 2.29. The first-order chi connectivity index (χ1) is 8.99. The van der Waals surface area contributed by atoms with Crippen LogP contribution in [0.2, 0.25) is 5.02 Å². The van der Waals surface area contributed by atoms with E-state index in [1.165, 1.54) is 18.2 Å². The fourth-order valence-electron chi connectivity index (χ4n) is 1.47. The van der Waals surface area contributed by atoms with Gasteiger partial charge >= 0.3 is 0 Å². The van der Waals surface area contributed by atoms with Gasteiger partial charge in [-0.25, -0.2) is 8.78 Å². The van der Waals surface area contributed by atoms with Crippen molar-refractivity contribution in [2.75, 3.05) is 0 Å². The van der Waals surface area contributed by atoms with E-state index < -0.39 is 11.6 Å². The average molecular weight is 368 g/mol. The number of halogens is 5. The molecule has 0 saturated heterocycles. The predicted molar refractivity (Wildman–Crippen MR) is 75.1 cm³/mol. The number of hydrogen-bond donors (Lipinski definition) is 0. The smallest absolute Gasteiger partial charge is 0.145 e. The van der Waals surface area contributed by atoms with Gasteiger partial charge in [-0.15, -0.1) is 11.6 Å². The van der Waals surface area contributed by atoms with Crippen molar-refractivity contribution >= 4 is 39.1 Å². The zero-order valence-electron chi connectivity index (χ0n) is 9.39. The zero-order valence-corrected chi connectivity index (χ0v) is 12.5. The third-order valence-corrected chi connectivity index (χ3v) is 3.51. The van der Waals surface area contributed by atoms with E-state index in [4.69, 9.17) is 27.9 Å². The van der Waals surface area contributed by atoms with Crippen LogP contribution in [0.1, 0.15) is 5.56 Å². The first-order valence-electron chi connectivity index (χ1n) is 5.17. The number of alkyl halides is 1. The Morgan fingerprint density at radius 2 is 1.84 bits per heavy atom. The molecule has 0 aromatic heterocycles. The first kappa shape index (κ1) is 14.6. The first-order valence-corrected chi connectivity index (χ1v) is 6.88. The van der Waals surface area contributed by atoms with Crippen LogP contribution in [0.5, 0.6) is 11.5 Å². The summed E-state index contributed by atoms with van der Waals surface area (Å²) in [6.07, 6.45) is 0. The van der Waals surface area contributed by atoms with Crippen LogP contribution in [0.4, 0.5) is 8.78 Å². The minimum atomic E-state index is -0.617. The summed E-state index contributed by atoms with van der Waals surface area (Å²) < 4.78 is 32.6. The van der Waals surface area contributed by atoms with Gasteiger partial charge in [-0.05, 0) is 39.7 Å². The number of hydrogen-bond acceptors (Lipinski definition) is 1. The molecule has 0 unspecified atom stereocenters. The van der Waals surface area contributed by atoms with Gasteiger partial charge in [0.25, 0.3) is 0 Å². The van der Waals surface area contributed by atoms with E-state index in [0.29, 0.717) is 10.0 Å². The van der Waals surface area contributed by atoms with Crippen molar-refractivity contribution in [2.45, 2.75) is 5.88 Å². The molecule has 0 N–H and O–H groups in total. The standard InChI is InChI=1S/C13H7BrCl2F2O/c14-10-4-11(16)12(18)5-13(10)19-9-2-7(6-15)1-8(17)3-9/h1-5H,6H2. The quantitative estimate of drug-likeness (QED) is 0.483. The van der Waals surface area contributed by atoms with Crippen molar-refractivity contribution in [1.29, 1.82) is 0 Å². The molecule has 2 aromatic carbocycles. The molecule has 1 nitrogen and oxygen atoms in total. The van der Waals surface area contributed by atoms with Gasteiger partial charge in [-0.1, -0.05) is 11.6 Å². The van der Waals surface area contributed by atoms with Crippen molar-refractivity contribution in [3.63, 3.8) is 0 Å². The summed E-state index contributed by atoms with van der Waals surface area (Å²) in [6.45, 7) is 0. The van der Waals surface area contributed by atoms with Gasteiger partial charge < -0.3 is 4.74 Å². The molecule has 0 aliphatic carbocycles. The van der Waals surface area contributed by atoms with Gasteiger partial charge in [0.2, 0.25) is 0 Å². The lowest BCUT2D eigenvalue weighted by Gasteiger charge is -2.10. The minimum absolute atomic E-state index is 0.0279. The molecule has 0 saturated carbocycles. The third kappa shape index (κ3) is 3.59. The predicted octanol–water partition coefficient (Wildman–Crippen LogP) is 5.91. The fraction of sp³-hybridized carbons (Fsp3) is 0.0769. The van der Waals surface area contributed by atoms with Crippen molar-refractivity contribution in [3.05, 3.63) is 57.0 Å². The summed E-state index contributed by atoms with van der Waals surface area (Å²) in [6, 6.07) is 6.56. The van der Waals surface area contributed by atoms with E-state index in [0.717, 1.165) is 6.07 Å². The second-order valence-corrected chi connectivity index (χ2v) is 5.26. The minimum Gasteiger partial charge on any atom is -0.456 e. The molecule has 0 amide bonds. The Kier molecular flexibility index (Phi) is 4.66. The maximum atomic E-state index is 13.4. The van der Waals surface area contributed by atoms with Crippen molar-refractivity contribution < 1.29 is 13.5 Å². The SMILES string of the molecule is Fc1cc(CCl)cc(Oc2cc(F)c(Cl)cc2Br)c1. The molecule has 0 fully saturated rings. The van der Waals surface area contributed by atoms with Crippen LogP contribution in [-0.4, -0.2) is 0 Å². The van der Waals surface area contributed by atoms with E-state index in [1.54, 1.807) is 6.07 Å². The maximum absolute atomic E-state index is 13.4. The molecular weight excluding hydrogens is 361 g/mol. The molecule has 0 spiro atoms. The lowest BCUT2D eigenvalue weighted by atomic mass is 10.2. The average Bonchev–Trinajstić information content (AvgIpc) is 2.35. The Balaban J connectivity index is 2.36. The fourth-order valence-corrected chi connectivity index (χ4v) is 2.34. The summed E-state index contributed by atoms with van der Waals surface area (Å²) in [5.41, 5.74) is 0.572. The molecule has 0 radical (unpaired) electrons. The zero-order chi connectivity index (χ0) is 14.0. The molecule has 6 heteroatoms. The molecule has 19 heavy (non-hydrogen) atoms. The van der Waals surface area contributed by atoms with E-state index >= 15 is 0 Å². The second kappa shape index (κ2) is 6.07. The van der Waals surface area contributed by atoms with Crippen LogP contribution in [0.15, 0.2) is 34.8 Å². The van der Waals surface area contributed by atoms with Crippen molar-refractivity contribution in [2.24, 2.45) is 0 Å². The van der Waals surface area contributed by atoms with Crippen LogP contribution in [0.3, 0.4) is 0 Å². The highest BCUT2D eigenvalue weighted by Gasteiger charge is 2.10. The molecule has 0 bridgehead atoms. The van der Waals surface area contributed by atoms with Crippen LogP contribution in [-0.2, 0) is 5.88 Å². The highest BCUT2D eigenvalue weighted by atomic mass is 79.9. The lowest BCUT2D eigenvalue weighted by Crippen LogP contribution is -1.91. The maximum Gasteiger partial charge on any atom is 0.145 e. The van der Waals surface area contributed by atoms with E-state index in [9.17, 15) is 8.78 Å². The Morgan fingerprint density at radius 1 is 1.11 bits per heavy atom. The summed E-state index contributed by atoms with van der Waals surface area (Å²) in [4.78, 5) is 0. The van der Waals surface area contributed by atoms with Crippen LogP contribution >= 0.6 is 39.1 Å². The van der Waals surface area contributed by atoms with E-state index in [2.05, 4.69) is 15.9 Å². The van der Waals surface area contributed by atoms with Gasteiger partial charge in [-0.3, -0.25) is 0 Å². The Morgan fingerprint density at radius 3 is 2.53 bits per heavy atom. The van der Waals surface area contributed by atoms with E-state index in [-0.39, 0.29) is 22.4 Å². The van der Waals surface area contributed by atoms with Crippen LogP contribution in [0, 0.1) is 11.6 Å². The summed E-state index contributed by atoms with van der Waals surface area (Å²) >= 11 is 14.5. The van der Waals surface area contributed by atoms with Gasteiger partial charge in [0, 0.05) is 18.0 Å². The highest BCUT2D eigenvalue weighted by Crippen LogP contribution is 2.34. The summed E-state index contributed by atoms with van der Waals surface area (Å²) in [5.74, 6) is -0.497. The Labute approximate surface area is 127 Å². The Hall–Kier alpha value is -0.840.